The normalized spacial score (nSPS) is 12.3. The number of aliphatic hydroxyl groups excluding tert-OH is 4. The number of anilines is 2. The smallest absolute Gasteiger partial charge is 0.303 e. The van der Waals surface area contributed by atoms with Crippen LogP contribution in [0.15, 0.2) is 36.4 Å². The number of hydrogen-bond acceptors (Lipinski definition) is 14. The van der Waals surface area contributed by atoms with E-state index in [1.807, 2.05) is 42.5 Å². The molecule has 5 N–H and O–H groups in total. The fourth-order valence-corrected chi connectivity index (χ4v) is 8.04. The van der Waals surface area contributed by atoms with E-state index in [1.165, 1.54) is 12.8 Å². The molecule has 0 fully saturated rings. The molecule has 0 saturated heterocycles. The molecule has 0 aliphatic carbocycles. The summed E-state index contributed by atoms with van der Waals surface area (Å²) in [6.07, 6.45) is 10.4. The van der Waals surface area contributed by atoms with Crippen molar-refractivity contribution in [3.8, 4) is 0 Å². The van der Waals surface area contributed by atoms with E-state index < -0.39 is 5.97 Å². The van der Waals surface area contributed by atoms with Crippen molar-refractivity contribution in [3.05, 3.63) is 58.7 Å². The van der Waals surface area contributed by atoms with Gasteiger partial charge in [-0.05, 0) is 105 Å². The average Bonchev–Trinajstić information content (AvgIpc) is 3.31. The van der Waals surface area contributed by atoms with Crippen molar-refractivity contribution in [2.24, 2.45) is 0 Å². The quantitative estimate of drug-likeness (QED) is 0.0454. The summed E-state index contributed by atoms with van der Waals surface area (Å²) < 4.78 is 22.5. The van der Waals surface area contributed by atoms with Crippen LogP contribution in [0.5, 0.6) is 0 Å². The van der Waals surface area contributed by atoms with Crippen molar-refractivity contribution in [1.29, 1.82) is 0 Å². The molecule has 18 heteroatoms. The second-order valence-corrected chi connectivity index (χ2v) is 25.1. The molecular weight excluding hydrogens is 959 g/mol. The van der Waals surface area contributed by atoms with E-state index in [0.29, 0.717) is 108 Å². The predicted octanol–water partition coefficient (Wildman–Crippen LogP) is 6.71. The zero-order chi connectivity index (χ0) is 52.3. The van der Waals surface area contributed by atoms with E-state index in [9.17, 15) is 30.0 Å². The first-order valence-electron chi connectivity index (χ1n) is 24.4. The third kappa shape index (κ3) is 31.1. The van der Waals surface area contributed by atoms with Crippen LogP contribution in [-0.2, 0) is 96.2 Å². The van der Waals surface area contributed by atoms with Gasteiger partial charge in [0, 0.05) is 86.7 Å². The maximum absolute atomic E-state index is 12.7. The lowest BCUT2D eigenvalue weighted by Crippen LogP contribution is -2.42. The first kappa shape index (κ1) is 66.8. The lowest BCUT2D eigenvalue weighted by atomic mass is 10.1. The summed E-state index contributed by atoms with van der Waals surface area (Å²) in [4.78, 5) is 29.5. The van der Waals surface area contributed by atoms with E-state index in [0.717, 1.165) is 48.6 Å². The summed E-state index contributed by atoms with van der Waals surface area (Å²) in [6.45, 7) is 22.4. The fraction of sp³-hybridized carbons (Fsp3) is 0.725. The number of carboxylic acid groups (broad SMARTS) is 1. The maximum atomic E-state index is 12.7. The second-order valence-electron chi connectivity index (χ2n) is 18.1. The van der Waals surface area contributed by atoms with E-state index in [4.69, 9.17) is 46.4 Å². The van der Waals surface area contributed by atoms with Gasteiger partial charge in [0.05, 0.1) is 66.1 Å². The van der Waals surface area contributed by atoms with Crippen LogP contribution in [0.4, 0.5) is 11.4 Å². The number of amides is 1. The molecule has 2 unspecified atom stereocenters. The highest BCUT2D eigenvalue weighted by Gasteiger charge is 2.24. The van der Waals surface area contributed by atoms with Gasteiger partial charge in [0.15, 0.2) is 0 Å². The highest BCUT2D eigenvalue weighted by atomic mass is 32.8. The minimum atomic E-state index is -0.825. The number of benzene rings is 2. The van der Waals surface area contributed by atoms with Crippen molar-refractivity contribution in [2.75, 3.05) is 115 Å². The predicted molar refractivity (Wildman–Crippen MR) is 293 cm³/mol. The number of carboxylic acids is 1. The van der Waals surface area contributed by atoms with Crippen molar-refractivity contribution in [3.63, 3.8) is 0 Å². The number of aliphatic carboxylic acids is 1. The third-order valence-corrected chi connectivity index (χ3v) is 17.2. The Labute approximate surface area is 430 Å². The molecule has 0 spiro atoms. The molecule has 14 nitrogen and oxygen atoms in total. The Bertz CT molecular complexity index is 1690. The number of carbonyl (C=O) groups is 2. The Balaban J connectivity index is 0.00000116. The molecule has 0 heterocycles. The van der Waals surface area contributed by atoms with Crippen LogP contribution >= 0.6 is 0 Å². The SMILES string of the molecule is CCCC(C)(C)S(C)=S.CCCOCCOCCN(CCCC(=O)N(C)CC(C)(C)S(C)=S)c1cc(CO)cc(CO)c1.CCCOCCOCCN(CCCC(=O)O)c1cc(CO)cc(CO)c1. The summed E-state index contributed by atoms with van der Waals surface area (Å²) in [6, 6.07) is 11.1. The molecule has 2 aromatic rings. The second kappa shape index (κ2) is 39.3. The molecule has 0 bridgehead atoms. The van der Waals surface area contributed by atoms with Crippen molar-refractivity contribution >= 4 is 64.5 Å². The molecule has 0 aromatic heterocycles. The van der Waals surface area contributed by atoms with Gasteiger partial charge >= 0.3 is 5.97 Å². The Hall–Kier alpha value is -2.20. The highest BCUT2D eigenvalue weighted by Crippen LogP contribution is 2.23. The molecule has 2 rings (SSSR count). The van der Waals surface area contributed by atoms with Crippen LogP contribution in [0.3, 0.4) is 0 Å². The molecule has 2 aromatic carbocycles. The van der Waals surface area contributed by atoms with Crippen LogP contribution in [-0.4, -0.2) is 157 Å². The molecule has 1 amide bonds. The molecule has 400 valence electrons. The molecule has 0 aliphatic rings. The molecular formula is C51H91N3O11S4. The van der Waals surface area contributed by atoms with Gasteiger partial charge in [-0.2, -0.15) is 0 Å². The van der Waals surface area contributed by atoms with Crippen molar-refractivity contribution in [1.82, 2.24) is 4.90 Å². The number of ether oxygens (including phenoxy) is 4. The standard InChI is InChI=1S/C25H44N2O5S2.C19H31NO6.C7H16S2/c1-6-11-31-13-14-32-12-10-27(23-16-21(18-28)15-22(17-23)19-29)9-7-8-24(30)26(4)20-25(2,3)34(5)33;1-2-7-25-9-10-26-8-6-20(5-3-4-19(23)24)18-12-16(14-21)11-17(13-18)15-22;1-5-6-7(2,3)9(4)8/h15-17,28-29H,6-14,18-20H2,1-5H3;11-13,21-22H,2-10,14-15H2,1H3,(H,23,24);5-6H2,1-4H3. The summed E-state index contributed by atoms with van der Waals surface area (Å²) in [5.41, 5.74) is 4.67. The number of rotatable bonds is 36. The number of aliphatic hydroxyl groups is 4. The number of nitrogens with zero attached hydrogens (tertiary/aromatic N) is 3. The topological polar surface area (TPSA) is 182 Å². The Morgan fingerprint density at radius 1 is 0.551 bits per heavy atom. The lowest BCUT2D eigenvalue weighted by Gasteiger charge is -2.31. The van der Waals surface area contributed by atoms with Gasteiger partial charge in [0.2, 0.25) is 5.91 Å². The summed E-state index contributed by atoms with van der Waals surface area (Å²) in [7, 11) is 1.80. The molecule has 0 saturated carbocycles. The van der Waals surface area contributed by atoms with Gasteiger partial charge in [0.25, 0.3) is 0 Å². The van der Waals surface area contributed by atoms with E-state index >= 15 is 0 Å². The third-order valence-electron chi connectivity index (χ3n) is 11.1. The van der Waals surface area contributed by atoms with Gasteiger partial charge < -0.3 is 59.2 Å². The first-order valence-corrected chi connectivity index (χ1v) is 29.5. The monoisotopic (exact) mass is 1050 g/mol. The Kier molecular flexibility index (Phi) is 38.1. The lowest BCUT2D eigenvalue weighted by molar-refractivity contribution is -0.137. The minimum absolute atomic E-state index is 0.0879. The van der Waals surface area contributed by atoms with Gasteiger partial charge in [-0.3, -0.25) is 9.59 Å². The summed E-state index contributed by atoms with van der Waals surface area (Å²) in [5, 5.41) is 46.9. The molecule has 2 atom stereocenters. The van der Waals surface area contributed by atoms with E-state index in [1.54, 1.807) is 17.0 Å². The van der Waals surface area contributed by atoms with Gasteiger partial charge in [0.1, 0.15) is 0 Å². The zero-order valence-corrected chi connectivity index (χ0v) is 47.1. The highest BCUT2D eigenvalue weighted by molar-refractivity contribution is 8.29. The van der Waals surface area contributed by atoms with Crippen LogP contribution in [0, 0.1) is 0 Å². The van der Waals surface area contributed by atoms with Crippen LogP contribution < -0.4 is 9.80 Å². The molecule has 69 heavy (non-hydrogen) atoms. The average molecular weight is 1050 g/mol. The van der Waals surface area contributed by atoms with Gasteiger partial charge in [-0.25, -0.2) is 0 Å². The Morgan fingerprint density at radius 3 is 1.22 bits per heavy atom. The minimum Gasteiger partial charge on any atom is -0.481 e. The van der Waals surface area contributed by atoms with Crippen LogP contribution in [0.2, 0.25) is 0 Å². The summed E-state index contributed by atoms with van der Waals surface area (Å²) in [5.74, 6) is -0.715. The van der Waals surface area contributed by atoms with E-state index in [2.05, 4.69) is 59.6 Å². The van der Waals surface area contributed by atoms with Gasteiger partial charge in [-0.15, -0.1) is 18.9 Å². The van der Waals surface area contributed by atoms with Crippen LogP contribution in [0.1, 0.15) is 122 Å². The van der Waals surface area contributed by atoms with Crippen molar-refractivity contribution in [2.45, 2.75) is 136 Å². The number of carbonyl (C=O) groups excluding carboxylic acids is 1. The van der Waals surface area contributed by atoms with Crippen molar-refractivity contribution < 1.29 is 54.1 Å². The van der Waals surface area contributed by atoms with Crippen LogP contribution in [0.25, 0.3) is 0 Å². The van der Waals surface area contributed by atoms with Gasteiger partial charge in [-0.1, -0.05) is 75.5 Å². The molecule has 0 radical (unpaired) electrons. The first-order chi connectivity index (χ1) is 32.7. The zero-order valence-electron chi connectivity index (χ0n) is 43.8. The number of hydrogen-bond donors (Lipinski definition) is 5. The largest absolute Gasteiger partial charge is 0.481 e. The fourth-order valence-electron chi connectivity index (χ4n) is 6.77. The molecule has 0 aliphatic heterocycles. The van der Waals surface area contributed by atoms with E-state index in [-0.39, 0.29) is 62.4 Å². The maximum Gasteiger partial charge on any atom is 0.303 e. The Morgan fingerprint density at radius 2 is 0.913 bits per heavy atom. The summed E-state index contributed by atoms with van der Waals surface area (Å²) >= 11 is 10.7.